The Hall–Kier alpha value is -3.30. The molecule has 1 spiro atoms. The number of pyridine rings is 1. The standard InChI is InChI=1S/C24H26N6O3/c1-29-16-27-28-20(29)10-23(14-32-15-23)18-5-2-4-17(8-18)9-21(31)30-13-24(11-25-12-24)33-19-6-3-7-26-22(19)30/h2-8,16,25H,9-15H2,1H3. The van der Waals surface area contributed by atoms with Crippen LogP contribution in [0.5, 0.6) is 5.75 Å². The van der Waals surface area contributed by atoms with Crippen LogP contribution < -0.4 is 15.0 Å². The maximum atomic E-state index is 13.5. The van der Waals surface area contributed by atoms with Gasteiger partial charge in [-0.05, 0) is 23.3 Å². The summed E-state index contributed by atoms with van der Waals surface area (Å²) in [5.41, 5.74) is 1.64. The summed E-state index contributed by atoms with van der Waals surface area (Å²) in [5, 5.41) is 11.5. The van der Waals surface area contributed by atoms with Crippen LogP contribution in [-0.4, -0.2) is 64.1 Å². The Morgan fingerprint density at radius 3 is 2.79 bits per heavy atom. The lowest BCUT2D eigenvalue weighted by Crippen LogP contribution is -2.70. The predicted molar refractivity (Wildman–Crippen MR) is 120 cm³/mol. The molecule has 0 atom stereocenters. The third-order valence-corrected chi connectivity index (χ3v) is 6.93. The van der Waals surface area contributed by atoms with Crippen LogP contribution >= 0.6 is 0 Å². The predicted octanol–water partition coefficient (Wildman–Crippen LogP) is 1.03. The lowest BCUT2D eigenvalue weighted by atomic mass is 9.75. The molecule has 2 saturated heterocycles. The molecular formula is C24H26N6O3. The molecule has 3 aromatic rings. The third kappa shape index (κ3) is 3.48. The molecule has 6 rings (SSSR count). The molecule has 9 nitrogen and oxygen atoms in total. The summed E-state index contributed by atoms with van der Waals surface area (Å²) in [4.78, 5) is 19.7. The van der Waals surface area contributed by atoms with E-state index < -0.39 is 0 Å². The summed E-state index contributed by atoms with van der Waals surface area (Å²) in [6, 6.07) is 12.0. The first-order valence-corrected chi connectivity index (χ1v) is 11.2. The lowest BCUT2D eigenvalue weighted by Gasteiger charge is -2.48. The van der Waals surface area contributed by atoms with Gasteiger partial charge in [0.15, 0.2) is 17.2 Å². The smallest absolute Gasteiger partial charge is 0.232 e. The van der Waals surface area contributed by atoms with Gasteiger partial charge < -0.3 is 19.4 Å². The summed E-state index contributed by atoms with van der Waals surface area (Å²) in [7, 11) is 1.95. The molecule has 1 N–H and O–H groups in total. The first-order chi connectivity index (χ1) is 16.1. The second-order valence-corrected chi connectivity index (χ2v) is 9.38. The maximum absolute atomic E-state index is 13.5. The van der Waals surface area contributed by atoms with Gasteiger partial charge in [0.1, 0.15) is 12.2 Å². The Balaban J connectivity index is 1.25. The van der Waals surface area contributed by atoms with Gasteiger partial charge in [-0.15, -0.1) is 10.2 Å². The SMILES string of the molecule is Cn1cnnc1CC1(c2cccc(CC(=O)N3CC4(CNC4)Oc4cccnc43)c2)COC1. The van der Waals surface area contributed by atoms with E-state index in [0.29, 0.717) is 37.7 Å². The van der Waals surface area contributed by atoms with Crippen molar-refractivity contribution in [1.82, 2.24) is 25.1 Å². The second-order valence-electron chi connectivity index (χ2n) is 9.38. The number of hydrogen-bond donors (Lipinski definition) is 1. The average molecular weight is 447 g/mol. The highest BCUT2D eigenvalue weighted by molar-refractivity contribution is 5.95. The van der Waals surface area contributed by atoms with Crippen molar-refractivity contribution in [2.75, 3.05) is 37.7 Å². The van der Waals surface area contributed by atoms with Crippen LogP contribution in [0.1, 0.15) is 17.0 Å². The molecule has 0 aliphatic carbocycles. The van der Waals surface area contributed by atoms with Crippen molar-refractivity contribution in [3.63, 3.8) is 0 Å². The topological polar surface area (TPSA) is 94.4 Å². The first kappa shape index (κ1) is 20.3. The number of carbonyl (C=O) groups excluding carboxylic acids is 1. The number of nitrogens with one attached hydrogen (secondary N) is 1. The molecule has 2 aromatic heterocycles. The van der Waals surface area contributed by atoms with Crippen molar-refractivity contribution in [3.8, 4) is 5.75 Å². The molecule has 3 aliphatic rings. The van der Waals surface area contributed by atoms with Gasteiger partial charge in [-0.1, -0.05) is 24.3 Å². The van der Waals surface area contributed by atoms with Crippen molar-refractivity contribution < 1.29 is 14.3 Å². The molecule has 170 valence electrons. The van der Waals surface area contributed by atoms with Crippen LogP contribution in [0.3, 0.4) is 0 Å². The normalized spacial score (nSPS) is 19.8. The van der Waals surface area contributed by atoms with Crippen molar-refractivity contribution >= 4 is 11.7 Å². The molecule has 3 aliphatic heterocycles. The number of carbonyl (C=O) groups is 1. The molecule has 0 bridgehead atoms. The molecular weight excluding hydrogens is 420 g/mol. The Kier molecular flexibility index (Phi) is 4.70. The fraction of sp³-hybridized carbons (Fsp3) is 0.417. The van der Waals surface area contributed by atoms with Crippen LogP contribution in [0.4, 0.5) is 5.82 Å². The van der Waals surface area contributed by atoms with Crippen LogP contribution in [0.25, 0.3) is 0 Å². The number of rotatable bonds is 5. The van der Waals surface area contributed by atoms with Gasteiger partial charge >= 0.3 is 0 Å². The quantitative estimate of drug-likeness (QED) is 0.626. The van der Waals surface area contributed by atoms with Crippen LogP contribution in [0.15, 0.2) is 48.9 Å². The van der Waals surface area contributed by atoms with Gasteiger partial charge in [0.05, 0.1) is 26.2 Å². The monoisotopic (exact) mass is 446 g/mol. The number of ether oxygens (including phenoxy) is 2. The first-order valence-electron chi connectivity index (χ1n) is 11.2. The molecule has 0 unspecified atom stereocenters. The average Bonchev–Trinajstić information content (AvgIpc) is 3.18. The molecule has 1 aromatic carbocycles. The van der Waals surface area contributed by atoms with E-state index in [1.807, 2.05) is 35.9 Å². The minimum absolute atomic E-state index is 0.0221. The van der Waals surface area contributed by atoms with E-state index in [-0.39, 0.29) is 16.9 Å². The molecule has 2 fully saturated rings. The highest BCUT2D eigenvalue weighted by Crippen LogP contribution is 2.38. The number of amides is 1. The lowest BCUT2D eigenvalue weighted by molar-refractivity contribution is -0.119. The minimum atomic E-state index is -0.364. The van der Waals surface area contributed by atoms with Crippen LogP contribution in [0.2, 0.25) is 0 Å². The van der Waals surface area contributed by atoms with Crippen molar-refractivity contribution in [1.29, 1.82) is 0 Å². The Labute approximate surface area is 191 Å². The molecule has 0 saturated carbocycles. The van der Waals surface area contributed by atoms with Gasteiger partial charge in [0.2, 0.25) is 5.91 Å². The highest BCUT2D eigenvalue weighted by Gasteiger charge is 2.47. The number of aromatic nitrogens is 4. The van der Waals surface area contributed by atoms with E-state index in [0.717, 1.165) is 30.9 Å². The van der Waals surface area contributed by atoms with E-state index in [1.54, 1.807) is 17.4 Å². The largest absolute Gasteiger partial charge is 0.479 e. The Morgan fingerprint density at radius 2 is 2.09 bits per heavy atom. The van der Waals surface area contributed by atoms with Crippen LogP contribution in [-0.2, 0) is 34.8 Å². The van der Waals surface area contributed by atoms with Gasteiger partial charge in [-0.25, -0.2) is 4.98 Å². The molecule has 5 heterocycles. The van der Waals surface area contributed by atoms with Gasteiger partial charge in [-0.2, -0.15) is 0 Å². The number of benzene rings is 1. The zero-order valence-electron chi connectivity index (χ0n) is 18.5. The van der Waals surface area contributed by atoms with Crippen molar-refractivity contribution in [3.05, 3.63) is 65.9 Å². The zero-order chi connectivity index (χ0) is 22.5. The van der Waals surface area contributed by atoms with E-state index in [2.05, 4.69) is 32.6 Å². The third-order valence-electron chi connectivity index (χ3n) is 6.93. The second kappa shape index (κ2) is 7.64. The van der Waals surface area contributed by atoms with Gasteiger partial charge in [0.25, 0.3) is 0 Å². The maximum Gasteiger partial charge on any atom is 0.232 e. The molecule has 0 radical (unpaired) electrons. The summed E-state index contributed by atoms with van der Waals surface area (Å²) >= 11 is 0. The fourth-order valence-electron chi connectivity index (χ4n) is 4.86. The van der Waals surface area contributed by atoms with Crippen molar-refractivity contribution in [2.24, 2.45) is 7.05 Å². The van der Waals surface area contributed by atoms with Crippen molar-refractivity contribution in [2.45, 2.75) is 23.9 Å². The summed E-state index contributed by atoms with van der Waals surface area (Å²) < 4.78 is 13.7. The fourth-order valence-corrected chi connectivity index (χ4v) is 4.86. The number of hydrogen-bond acceptors (Lipinski definition) is 7. The molecule has 1 amide bonds. The zero-order valence-corrected chi connectivity index (χ0v) is 18.5. The summed E-state index contributed by atoms with van der Waals surface area (Å²) in [5.74, 6) is 2.22. The molecule has 9 heteroatoms. The van der Waals surface area contributed by atoms with E-state index >= 15 is 0 Å². The summed E-state index contributed by atoms with van der Waals surface area (Å²) in [6.45, 7) is 3.23. The highest BCUT2D eigenvalue weighted by atomic mass is 16.5. The molecule has 33 heavy (non-hydrogen) atoms. The number of anilines is 1. The van der Waals surface area contributed by atoms with E-state index in [9.17, 15) is 4.79 Å². The van der Waals surface area contributed by atoms with E-state index in [4.69, 9.17) is 9.47 Å². The van der Waals surface area contributed by atoms with Gasteiger partial charge in [0, 0.05) is 38.2 Å². The Bertz CT molecular complexity index is 1200. The number of nitrogens with zero attached hydrogens (tertiary/aromatic N) is 5. The Morgan fingerprint density at radius 1 is 1.21 bits per heavy atom. The number of aryl methyl sites for hydroxylation is 1. The summed E-state index contributed by atoms with van der Waals surface area (Å²) in [6.07, 6.45) is 4.47. The van der Waals surface area contributed by atoms with Crippen LogP contribution in [0, 0.1) is 0 Å². The van der Waals surface area contributed by atoms with E-state index in [1.165, 1.54) is 5.56 Å². The minimum Gasteiger partial charge on any atom is -0.479 e. The van der Waals surface area contributed by atoms with Gasteiger partial charge in [-0.3, -0.25) is 9.69 Å². The number of fused-ring (bicyclic) bond motifs is 1.